The van der Waals surface area contributed by atoms with Crippen LogP contribution >= 0.6 is 0 Å². The molecule has 32 heavy (non-hydrogen) atoms. The third-order valence-corrected chi connectivity index (χ3v) is 6.05. The highest BCUT2D eigenvalue weighted by Crippen LogP contribution is 2.37. The summed E-state index contributed by atoms with van der Waals surface area (Å²) in [6, 6.07) is 10.5. The number of aromatic amines is 1. The lowest BCUT2D eigenvalue weighted by atomic mass is 10.1. The summed E-state index contributed by atoms with van der Waals surface area (Å²) >= 11 is 0. The largest absolute Gasteiger partial charge is 0.434 e. The summed E-state index contributed by atoms with van der Waals surface area (Å²) in [5, 5.41) is 5.72. The molecule has 0 aliphatic heterocycles. The molecule has 0 unspecified atom stereocenters. The van der Waals surface area contributed by atoms with Crippen molar-refractivity contribution >= 4 is 32.4 Å². The molecule has 2 aromatic heterocycles. The molecular formula is C20H15F4N5O2S. The molecule has 4 N–H and O–H groups in total. The molecule has 166 valence electrons. The highest BCUT2D eigenvalue weighted by Gasteiger charge is 2.36. The Bertz CT molecular complexity index is 1430. The van der Waals surface area contributed by atoms with E-state index in [2.05, 4.69) is 19.9 Å². The smallest absolute Gasteiger partial charge is 0.382 e. The normalized spacial score (nSPS) is 12.3. The fourth-order valence-electron chi connectivity index (χ4n) is 3.16. The molecule has 2 aromatic carbocycles. The fourth-order valence-corrected chi connectivity index (χ4v) is 4.38. The second kappa shape index (κ2) is 7.48. The topological polar surface area (TPSA) is 114 Å². The minimum absolute atomic E-state index is 0.0207. The van der Waals surface area contributed by atoms with Gasteiger partial charge in [0.05, 0.1) is 16.6 Å². The van der Waals surface area contributed by atoms with E-state index >= 15 is 0 Å². The summed E-state index contributed by atoms with van der Waals surface area (Å²) in [5.41, 5.74) is 5.33. The molecule has 0 spiro atoms. The van der Waals surface area contributed by atoms with Gasteiger partial charge in [0.1, 0.15) is 10.7 Å². The molecule has 4 aromatic rings. The molecule has 0 bridgehead atoms. The number of sulfonamides is 1. The van der Waals surface area contributed by atoms with Crippen LogP contribution in [0.25, 0.3) is 22.2 Å². The zero-order chi connectivity index (χ0) is 23.3. The maximum atomic E-state index is 14.0. The lowest BCUT2D eigenvalue weighted by Gasteiger charge is -2.12. The number of H-pyrrole nitrogens is 1. The molecule has 0 fully saturated rings. The standard InChI is InChI=1S/C20H15F4N5O2S/c1-10-2-7-13(21)16(8-10)32(30,31)29-12-5-3-11(4-6-12)14-9-15-17(19(25)28-27-15)18(26-14)20(22,23)24/h2-9,29H,1H3,(H3,25,27,28). The molecule has 0 aliphatic rings. The summed E-state index contributed by atoms with van der Waals surface area (Å²) in [6.07, 6.45) is -4.76. The number of aromatic nitrogens is 3. The first kappa shape index (κ1) is 21.6. The van der Waals surface area contributed by atoms with Gasteiger partial charge in [-0.25, -0.2) is 17.8 Å². The van der Waals surface area contributed by atoms with Crippen LogP contribution in [0.15, 0.2) is 53.4 Å². The van der Waals surface area contributed by atoms with Gasteiger partial charge in [-0.3, -0.25) is 9.82 Å². The number of anilines is 2. The number of nitrogens with zero attached hydrogens (tertiary/aromatic N) is 2. The van der Waals surface area contributed by atoms with E-state index in [4.69, 9.17) is 5.73 Å². The van der Waals surface area contributed by atoms with Gasteiger partial charge in [0, 0.05) is 11.3 Å². The molecular weight excluding hydrogens is 450 g/mol. The lowest BCUT2D eigenvalue weighted by Crippen LogP contribution is -2.14. The van der Waals surface area contributed by atoms with E-state index < -0.39 is 32.6 Å². The molecule has 0 saturated heterocycles. The SMILES string of the molecule is Cc1ccc(F)c(S(=O)(=O)Nc2ccc(-c3cc4[nH]nc(N)c4c(C(F)(F)F)n3)cc2)c1. The van der Waals surface area contributed by atoms with Crippen molar-refractivity contribution in [3.63, 3.8) is 0 Å². The van der Waals surface area contributed by atoms with E-state index in [1.54, 1.807) is 6.92 Å². The van der Waals surface area contributed by atoms with E-state index in [0.717, 1.165) is 6.07 Å². The van der Waals surface area contributed by atoms with Crippen LogP contribution in [0, 0.1) is 12.7 Å². The number of aryl methyl sites for hydroxylation is 1. The van der Waals surface area contributed by atoms with Gasteiger partial charge in [-0.15, -0.1) is 0 Å². The van der Waals surface area contributed by atoms with Crippen molar-refractivity contribution < 1.29 is 26.0 Å². The predicted molar refractivity (Wildman–Crippen MR) is 111 cm³/mol. The first-order chi connectivity index (χ1) is 15.0. The van der Waals surface area contributed by atoms with Gasteiger partial charge in [0.25, 0.3) is 10.0 Å². The van der Waals surface area contributed by atoms with E-state index in [1.165, 1.54) is 42.5 Å². The number of rotatable bonds is 4. The second-order valence-corrected chi connectivity index (χ2v) is 8.65. The average Bonchev–Trinajstić information content (AvgIpc) is 3.09. The number of hydrogen-bond acceptors (Lipinski definition) is 5. The Morgan fingerprint density at radius 3 is 2.41 bits per heavy atom. The number of alkyl halides is 3. The molecule has 0 aliphatic carbocycles. The number of benzene rings is 2. The minimum Gasteiger partial charge on any atom is -0.382 e. The summed E-state index contributed by atoms with van der Waals surface area (Å²) in [4.78, 5) is 3.18. The van der Waals surface area contributed by atoms with Crippen LogP contribution in [0.2, 0.25) is 0 Å². The fraction of sp³-hybridized carbons (Fsp3) is 0.100. The van der Waals surface area contributed by atoms with Crippen molar-refractivity contribution in [2.24, 2.45) is 0 Å². The molecule has 7 nitrogen and oxygen atoms in total. The quantitative estimate of drug-likeness (QED) is 0.385. The van der Waals surface area contributed by atoms with Crippen LogP contribution in [0.5, 0.6) is 0 Å². The monoisotopic (exact) mass is 465 g/mol. The van der Waals surface area contributed by atoms with Gasteiger partial charge in [-0.1, -0.05) is 18.2 Å². The number of nitrogens with one attached hydrogen (secondary N) is 2. The molecule has 4 rings (SSSR count). The van der Waals surface area contributed by atoms with E-state index in [-0.39, 0.29) is 33.7 Å². The Morgan fingerprint density at radius 1 is 1.06 bits per heavy atom. The van der Waals surface area contributed by atoms with Crippen molar-refractivity contribution in [1.82, 2.24) is 15.2 Å². The third kappa shape index (κ3) is 3.96. The lowest BCUT2D eigenvalue weighted by molar-refractivity contribution is -0.139. The minimum atomic E-state index is -4.76. The molecule has 2 heterocycles. The van der Waals surface area contributed by atoms with Crippen LogP contribution in [-0.4, -0.2) is 23.6 Å². The zero-order valence-corrected chi connectivity index (χ0v) is 17.1. The highest BCUT2D eigenvalue weighted by molar-refractivity contribution is 7.92. The first-order valence-electron chi connectivity index (χ1n) is 9.07. The number of fused-ring (bicyclic) bond motifs is 1. The van der Waals surface area contributed by atoms with Crippen LogP contribution in [-0.2, 0) is 16.2 Å². The van der Waals surface area contributed by atoms with Crippen molar-refractivity contribution in [3.05, 3.63) is 65.6 Å². The molecule has 0 atom stereocenters. The molecule has 12 heteroatoms. The second-order valence-electron chi connectivity index (χ2n) is 7.00. The Morgan fingerprint density at radius 2 is 1.75 bits per heavy atom. The van der Waals surface area contributed by atoms with Crippen molar-refractivity contribution in [1.29, 1.82) is 0 Å². The highest BCUT2D eigenvalue weighted by atomic mass is 32.2. The van der Waals surface area contributed by atoms with Gasteiger partial charge in [0.2, 0.25) is 0 Å². The summed E-state index contributed by atoms with van der Waals surface area (Å²) < 4.78 is 81.7. The van der Waals surface area contributed by atoms with Gasteiger partial charge in [-0.05, 0) is 42.8 Å². The number of hydrogen-bond donors (Lipinski definition) is 3. The van der Waals surface area contributed by atoms with E-state index in [1.807, 2.05) is 0 Å². The maximum Gasteiger partial charge on any atom is 0.434 e. The molecule has 0 saturated carbocycles. The summed E-state index contributed by atoms with van der Waals surface area (Å²) in [6.45, 7) is 1.62. The van der Waals surface area contributed by atoms with Crippen molar-refractivity contribution in [2.45, 2.75) is 18.0 Å². The Labute approximate surface area is 179 Å². The third-order valence-electron chi connectivity index (χ3n) is 4.65. The van der Waals surface area contributed by atoms with Gasteiger partial charge < -0.3 is 5.73 Å². The van der Waals surface area contributed by atoms with Gasteiger partial charge >= 0.3 is 6.18 Å². The average molecular weight is 465 g/mol. The van der Waals surface area contributed by atoms with E-state index in [0.29, 0.717) is 5.56 Å². The van der Waals surface area contributed by atoms with E-state index in [9.17, 15) is 26.0 Å². The summed E-state index contributed by atoms with van der Waals surface area (Å²) in [7, 11) is -4.21. The summed E-state index contributed by atoms with van der Waals surface area (Å²) in [5.74, 6) is -1.23. The molecule has 0 radical (unpaired) electrons. The van der Waals surface area contributed by atoms with Crippen molar-refractivity contribution in [3.8, 4) is 11.3 Å². The zero-order valence-electron chi connectivity index (χ0n) is 16.3. The maximum absolute atomic E-state index is 14.0. The number of nitrogen functional groups attached to an aromatic ring is 1. The Hall–Kier alpha value is -3.67. The Kier molecular flexibility index (Phi) is 5.04. The number of nitrogens with two attached hydrogens (primary N) is 1. The Balaban J connectivity index is 1.69. The first-order valence-corrected chi connectivity index (χ1v) is 10.6. The van der Waals surface area contributed by atoms with Crippen LogP contribution in [0.4, 0.5) is 29.1 Å². The van der Waals surface area contributed by atoms with Crippen LogP contribution in [0.3, 0.4) is 0 Å². The van der Waals surface area contributed by atoms with Crippen LogP contribution in [0.1, 0.15) is 11.3 Å². The number of halogens is 4. The van der Waals surface area contributed by atoms with Gasteiger partial charge in [-0.2, -0.15) is 18.3 Å². The predicted octanol–water partition coefficient (Wildman–Crippen LogP) is 4.47. The van der Waals surface area contributed by atoms with Gasteiger partial charge in [0.15, 0.2) is 11.5 Å². The van der Waals surface area contributed by atoms with Crippen molar-refractivity contribution in [2.75, 3.05) is 10.5 Å². The van der Waals surface area contributed by atoms with Crippen LogP contribution < -0.4 is 10.5 Å². The molecule has 0 amide bonds. The number of pyridine rings is 1.